The first-order valence-corrected chi connectivity index (χ1v) is 8.23. The fourth-order valence-electron chi connectivity index (χ4n) is 3.01. The van der Waals surface area contributed by atoms with Crippen LogP contribution < -0.4 is 4.90 Å². The van der Waals surface area contributed by atoms with Crippen molar-refractivity contribution < 1.29 is 0 Å². The molecule has 0 bridgehead atoms. The summed E-state index contributed by atoms with van der Waals surface area (Å²) in [7, 11) is 2.17. The maximum Gasteiger partial charge on any atom is 0.0446 e. The third kappa shape index (κ3) is 3.39. The van der Waals surface area contributed by atoms with Gasteiger partial charge in [0.2, 0.25) is 0 Å². The normalized spacial score (nSPS) is 11.7. The van der Waals surface area contributed by atoms with Gasteiger partial charge >= 0.3 is 0 Å². The molecule has 0 atom stereocenters. The monoisotopic (exact) mass is 303 g/mol. The molecule has 3 aromatic carbocycles. The van der Waals surface area contributed by atoms with Crippen LogP contribution in [0.4, 0.5) is 5.69 Å². The smallest absolute Gasteiger partial charge is 0.0446 e. The van der Waals surface area contributed by atoms with Crippen LogP contribution in [0, 0.1) is 0 Å². The van der Waals surface area contributed by atoms with Crippen LogP contribution in [0.2, 0.25) is 0 Å². The Kier molecular flexibility index (Phi) is 4.12. The fraction of sp³-hybridized carbons (Fsp3) is 0.273. The van der Waals surface area contributed by atoms with Crippen LogP contribution in [0.25, 0.3) is 10.8 Å². The van der Waals surface area contributed by atoms with Gasteiger partial charge in [-0.2, -0.15) is 0 Å². The van der Waals surface area contributed by atoms with Crippen molar-refractivity contribution in [2.45, 2.75) is 32.7 Å². The first-order valence-electron chi connectivity index (χ1n) is 8.23. The molecule has 0 saturated carbocycles. The van der Waals surface area contributed by atoms with Crippen molar-refractivity contribution in [1.29, 1.82) is 0 Å². The number of hydrogen-bond acceptors (Lipinski definition) is 1. The van der Waals surface area contributed by atoms with E-state index in [0.717, 1.165) is 6.54 Å². The molecule has 0 aliphatic carbocycles. The number of benzene rings is 3. The molecule has 0 aliphatic heterocycles. The van der Waals surface area contributed by atoms with Crippen molar-refractivity contribution in [3.8, 4) is 0 Å². The second kappa shape index (κ2) is 6.08. The molecule has 3 rings (SSSR count). The van der Waals surface area contributed by atoms with Gasteiger partial charge in [0.15, 0.2) is 0 Å². The zero-order valence-corrected chi connectivity index (χ0v) is 14.5. The first-order chi connectivity index (χ1) is 10.9. The summed E-state index contributed by atoms with van der Waals surface area (Å²) in [6.07, 6.45) is 0. The largest absolute Gasteiger partial charge is 0.370 e. The van der Waals surface area contributed by atoms with Gasteiger partial charge in [-0.3, -0.25) is 0 Å². The van der Waals surface area contributed by atoms with Crippen molar-refractivity contribution in [3.63, 3.8) is 0 Å². The highest BCUT2D eigenvalue weighted by molar-refractivity contribution is 5.94. The minimum atomic E-state index is 0.208. The highest BCUT2D eigenvalue weighted by atomic mass is 15.1. The maximum atomic E-state index is 2.33. The van der Waals surface area contributed by atoms with Crippen LogP contribution in [0.3, 0.4) is 0 Å². The Morgan fingerprint density at radius 1 is 0.783 bits per heavy atom. The molecule has 0 fully saturated rings. The van der Waals surface area contributed by atoms with Gasteiger partial charge in [0.05, 0.1) is 0 Å². The molecular weight excluding hydrogens is 278 g/mol. The molecule has 0 radical (unpaired) electrons. The summed E-state index contributed by atoms with van der Waals surface area (Å²) < 4.78 is 0. The molecule has 3 aromatic rings. The van der Waals surface area contributed by atoms with Gasteiger partial charge < -0.3 is 4.90 Å². The minimum absolute atomic E-state index is 0.208. The highest BCUT2D eigenvalue weighted by Gasteiger charge is 2.13. The average molecular weight is 303 g/mol. The molecule has 1 nitrogen and oxygen atoms in total. The quantitative estimate of drug-likeness (QED) is 0.593. The second-order valence-electron chi connectivity index (χ2n) is 7.30. The third-order valence-corrected chi connectivity index (χ3v) is 4.42. The summed E-state index contributed by atoms with van der Waals surface area (Å²) in [5, 5.41) is 2.60. The number of rotatable bonds is 3. The van der Waals surface area contributed by atoms with E-state index >= 15 is 0 Å². The van der Waals surface area contributed by atoms with E-state index < -0.39 is 0 Å². The van der Waals surface area contributed by atoms with E-state index in [4.69, 9.17) is 0 Å². The van der Waals surface area contributed by atoms with Crippen LogP contribution in [0.1, 0.15) is 31.9 Å². The SMILES string of the molecule is CN(Cc1ccc(C(C)(C)C)cc1)c1cccc2ccccc12. The van der Waals surface area contributed by atoms with E-state index in [9.17, 15) is 0 Å². The molecule has 1 heteroatoms. The van der Waals surface area contributed by atoms with Gasteiger partial charge in [0.1, 0.15) is 0 Å². The van der Waals surface area contributed by atoms with Crippen LogP contribution in [0.5, 0.6) is 0 Å². The van der Waals surface area contributed by atoms with E-state index in [0.29, 0.717) is 0 Å². The van der Waals surface area contributed by atoms with Crippen molar-refractivity contribution in [2.75, 3.05) is 11.9 Å². The van der Waals surface area contributed by atoms with Gasteiger partial charge in [0.25, 0.3) is 0 Å². The number of anilines is 1. The van der Waals surface area contributed by atoms with E-state index in [-0.39, 0.29) is 5.41 Å². The molecule has 23 heavy (non-hydrogen) atoms. The molecule has 0 unspecified atom stereocenters. The predicted molar refractivity (Wildman–Crippen MR) is 101 cm³/mol. The van der Waals surface area contributed by atoms with Gasteiger partial charge in [-0.05, 0) is 28.0 Å². The Morgan fingerprint density at radius 2 is 1.43 bits per heavy atom. The van der Waals surface area contributed by atoms with Crippen LogP contribution >= 0.6 is 0 Å². The fourth-order valence-corrected chi connectivity index (χ4v) is 3.01. The third-order valence-electron chi connectivity index (χ3n) is 4.42. The van der Waals surface area contributed by atoms with Gasteiger partial charge in [-0.25, -0.2) is 0 Å². The molecule has 0 N–H and O–H groups in total. The lowest BCUT2D eigenvalue weighted by Crippen LogP contribution is -2.17. The Balaban J connectivity index is 1.85. The lowest BCUT2D eigenvalue weighted by molar-refractivity contribution is 0.590. The number of fused-ring (bicyclic) bond motifs is 1. The number of nitrogens with zero attached hydrogens (tertiary/aromatic N) is 1. The molecule has 0 saturated heterocycles. The standard InChI is InChI=1S/C22H25N/c1-22(2,3)19-14-12-17(13-15-19)16-23(4)21-11-7-9-18-8-5-6-10-20(18)21/h5-15H,16H2,1-4H3. The Hall–Kier alpha value is -2.28. The summed E-state index contributed by atoms with van der Waals surface area (Å²) in [5.41, 5.74) is 4.21. The number of hydrogen-bond donors (Lipinski definition) is 0. The molecule has 0 amide bonds. The Bertz CT molecular complexity index is 789. The van der Waals surface area contributed by atoms with Crippen molar-refractivity contribution in [3.05, 3.63) is 77.9 Å². The molecule has 118 valence electrons. The zero-order valence-electron chi connectivity index (χ0n) is 14.5. The summed E-state index contributed by atoms with van der Waals surface area (Å²) in [5.74, 6) is 0. The summed E-state index contributed by atoms with van der Waals surface area (Å²) >= 11 is 0. The first kappa shape index (κ1) is 15.6. The second-order valence-corrected chi connectivity index (χ2v) is 7.30. The van der Waals surface area contributed by atoms with Crippen molar-refractivity contribution in [2.24, 2.45) is 0 Å². The van der Waals surface area contributed by atoms with E-state index in [1.165, 1.54) is 27.6 Å². The topological polar surface area (TPSA) is 3.24 Å². The highest BCUT2D eigenvalue weighted by Crippen LogP contribution is 2.27. The molecular formula is C22H25N. The van der Waals surface area contributed by atoms with Crippen LogP contribution in [-0.2, 0) is 12.0 Å². The van der Waals surface area contributed by atoms with Crippen LogP contribution in [-0.4, -0.2) is 7.05 Å². The maximum absolute atomic E-state index is 2.33. The van der Waals surface area contributed by atoms with E-state index in [2.05, 4.69) is 99.4 Å². The molecule has 0 spiro atoms. The van der Waals surface area contributed by atoms with E-state index in [1.54, 1.807) is 0 Å². The Labute approximate surface area is 139 Å². The molecule has 0 heterocycles. The summed E-state index contributed by atoms with van der Waals surface area (Å²) in [6.45, 7) is 7.68. The van der Waals surface area contributed by atoms with Crippen molar-refractivity contribution >= 4 is 16.5 Å². The van der Waals surface area contributed by atoms with Crippen molar-refractivity contribution in [1.82, 2.24) is 0 Å². The van der Waals surface area contributed by atoms with E-state index in [1.807, 2.05) is 0 Å². The lowest BCUT2D eigenvalue weighted by Gasteiger charge is -2.23. The lowest BCUT2D eigenvalue weighted by atomic mass is 9.87. The zero-order chi connectivity index (χ0) is 16.4. The van der Waals surface area contributed by atoms with Gasteiger partial charge in [0, 0.05) is 24.7 Å². The van der Waals surface area contributed by atoms with Gasteiger partial charge in [-0.15, -0.1) is 0 Å². The minimum Gasteiger partial charge on any atom is -0.370 e. The van der Waals surface area contributed by atoms with Crippen LogP contribution in [0.15, 0.2) is 66.7 Å². The summed E-state index contributed by atoms with van der Waals surface area (Å²) in [6, 6.07) is 24.1. The van der Waals surface area contributed by atoms with Gasteiger partial charge in [-0.1, -0.05) is 81.4 Å². The summed E-state index contributed by atoms with van der Waals surface area (Å²) in [4.78, 5) is 2.33. The predicted octanol–water partition coefficient (Wildman–Crippen LogP) is 5.77. The Morgan fingerprint density at radius 3 is 2.13 bits per heavy atom. The molecule has 0 aliphatic rings. The average Bonchev–Trinajstić information content (AvgIpc) is 2.54. The molecule has 0 aromatic heterocycles.